The number of halogens is 3. The Bertz CT molecular complexity index is 1530. The number of aryl methyl sites for hydroxylation is 2. The van der Waals surface area contributed by atoms with E-state index in [1.807, 2.05) is 0 Å². The average molecular weight is 483 g/mol. The summed E-state index contributed by atoms with van der Waals surface area (Å²) in [5, 5.41) is 18.5. The SMILES string of the molecule is Cc1nc(NC(=O)c2n[nH]c3ccc4nc(/C(=C/N)C(=N)C(F)(F)F)c5c(c4c23)CCCC5)co1. The first kappa shape index (κ1) is 22.6. The van der Waals surface area contributed by atoms with Gasteiger partial charge in [-0.25, -0.2) is 4.98 Å². The number of anilines is 1. The molecule has 0 fully saturated rings. The van der Waals surface area contributed by atoms with Crippen LogP contribution in [0.3, 0.4) is 0 Å². The lowest BCUT2D eigenvalue weighted by molar-refractivity contribution is -0.0578. The van der Waals surface area contributed by atoms with Crippen LogP contribution in [-0.2, 0) is 12.8 Å². The number of rotatable bonds is 4. The molecule has 0 atom stereocenters. The number of benzene rings is 1. The van der Waals surface area contributed by atoms with Crippen LogP contribution in [0.1, 0.15) is 46.0 Å². The quantitative estimate of drug-likeness (QED) is 0.316. The van der Waals surface area contributed by atoms with Crippen molar-refractivity contribution in [2.45, 2.75) is 38.8 Å². The molecule has 0 saturated heterocycles. The maximum absolute atomic E-state index is 13.4. The zero-order valence-corrected chi connectivity index (χ0v) is 18.5. The number of amides is 1. The van der Waals surface area contributed by atoms with Gasteiger partial charge in [-0.1, -0.05) is 0 Å². The highest BCUT2D eigenvalue weighted by Gasteiger charge is 2.39. The van der Waals surface area contributed by atoms with Crippen molar-refractivity contribution in [1.29, 1.82) is 5.41 Å². The molecule has 5 N–H and O–H groups in total. The van der Waals surface area contributed by atoms with Gasteiger partial charge in [0.25, 0.3) is 5.91 Å². The van der Waals surface area contributed by atoms with Gasteiger partial charge in [-0.05, 0) is 48.9 Å². The van der Waals surface area contributed by atoms with Crippen molar-refractivity contribution in [2.75, 3.05) is 5.32 Å². The third-order valence-corrected chi connectivity index (χ3v) is 6.05. The van der Waals surface area contributed by atoms with Crippen molar-refractivity contribution in [1.82, 2.24) is 20.2 Å². The standard InChI is InChI=1S/C23H20F3N7O2/c1-10-29-16(9-35-10)31-22(34)20-18-15(32-33-20)7-6-14-17(18)11-4-2-3-5-12(11)19(30-14)13(8-27)21(28)23(24,25)26/h6-9,28H,2-5,27H2,1H3,(H,31,34)(H,32,33)/b13-8-,28-21?. The van der Waals surface area contributed by atoms with Gasteiger partial charge in [0.2, 0.25) is 0 Å². The normalized spacial score (nSPS) is 14.3. The summed E-state index contributed by atoms with van der Waals surface area (Å²) in [6.07, 6.45) is -0.151. The number of carbonyl (C=O) groups is 1. The Morgan fingerprint density at radius 3 is 2.57 bits per heavy atom. The van der Waals surface area contributed by atoms with Crippen LogP contribution >= 0.6 is 0 Å². The summed E-state index contributed by atoms with van der Waals surface area (Å²) in [6.45, 7) is 1.64. The lowest BCUT2D eigenvalue weighted by Gasteiger charge is -2.23. The predicted molar refractivity (Wildman–Crippen MR) is 123 cm³/mol. The highest BCUT2D eigenvalue weighted by Crippen LogP contribution is 2.39. The van der Waals surface area contributed by atoms with Gasteiger partial charge in [-0.2, -0.15) is 23.3 Å². The molecule has 0 saturated carbocycles. The van der Waals surface area contributed by atoms with E-state index < -0.39 is 23.4 Å². The molecule has 4 aromatic rings. The Labute approximate surface area is 196 Å². The Balaban J connectivity index is 1.73. The molecule has 1 aliphatic carbocycles. The molecule has 9 nitrogen and oxygen atoms in total. The molecule has 1 amide bonds. The van der Waals surface area contributed by atoms with Crippen molar-refractivity contribution >= 4 is 44.8 Å². The van der Waals surface area contributed by atoms with Crippen LogP contribution < -0.4 is 11.1 Å². The molecule has 5 rings (SSSR count). The van der Waals surface area contributed by atoms with Crippen molar-refractivity contribution in [2.24, 2.45) is 5.73 Å². The maximum Gasteiger partial charge on any atom is 0.433 e. The molecular weight excluding hydrogens is 463 g/mol. The number of oxazole rings is 1. The van der Waals surface area contributed by atoms with E-state index in [2.05, 4.69) is 25.5 Å². The molecule has 1 aromatic carbocycles. The second kappa shape index (κ2) is 8.22. The van der Waals surface area contributed by atoms with Gasteiger partial charge >= 0.3 is 6.18 Å². The Morgan fingerprint density at radius 2 is 1.91 bits per heavy atom. The van der Waals surface area contributed by atoms with E-state index in [0.717, 1.165) is 24.6 Å². The Kier molecular flexibility index (Phi) is 5.30. The molecule has 0 radical (unpaired) electrons. The van der Waals surface area contributed by atoms with Gasteiger partial charge in [0.1, 0.15) is 12.0 Å². The molecule has 1 aliphatic rings. The van der Waals surface area contributed by atoms with Gasteiger partial charge < -0.3 is 15.5 Å². The first-order valence-electron chi connectivity index (χ1n) is 10.8. The van der Waals surface area contributed by atoms with Crippen molar-refractivity contribution < 1.29 is 22.4 Å². The number of aromatic amines is 1. The number of alkyl halides is 3. The Hall–Kier alpha value is -4.22. The molecule has 12 heteroatoms. The molecule has 0 spiro atoms. The summed E-state index contributed by atoms with van der Waals surface area (Å²) in [4.78, 5) is 21.6. The predicted octanol–water partition coefficient (Wildman–Crippen LogP) is 4.42. The van der Waals surface area contributed by atoms with Crippen molar-refractivity contribution in [3.63, 3.8) is 0 Å². The van der Waals surface area contributed by atoms with Crippen LogP contribution in [0.4, 0.5) is 19.0 Å². The Morgan fingerprint density at radius 1 is 1.17 bits per heavy atom. The first-order valence-corrected chi connectivity index (χ1v) is 10.8. The zero-order chi connectivity index (χ0) is 24.9. The minimum Gasteiger partial charge on any atom is -0.447 e. The summed E-state index contributed by atoms with van der Waals surface area (Å²) < 4.78 is 45.3. The fourth-order valence-electron chi connectivity index (χ4n) is 4.55. The lowest BCUT2D eigenvalue weighted by atomic mass is 9.84. The smallest absolute Gasteiger partial charge is 0.433 e. The number of nitrogens with zero attached hydrogens (tertiary/aromatic N) is 3. The first-order chi connectivity index (χ1) is 16.7. The number of hydrogen-bond donors (Lipinski definition) is 4. The maximum atomic E-state index is 13.4. The van der Waals surface area contributed by atoms with Crippen LogP contribution in [0.15, 0.2) is 29.0 Å². The zero-order valence-electron chi connectivity index (χ0n) is 18.5. The van der Waals surface area contributed by atoms with Gasteiger partial charge in [-0.3, -0.25) is 15.3 Å². The average Bonchev–Trinajstić information content (AvgIpc) is 3.44. The van der Waals surface area contributed by atoms with Gasteiger partial charge in [-0.15, -0.1) is 0 Å². The number of H-pyrrole nitrogens is 1. The number of pyridine rings is 1. The van der Waals surface area contributed by atoms with Crippen LogP contribution in [0.5, 0.6) is 0 Å². The van der Waals surface area contributed by atoms with E-state index in [9.17, 15) is 18.0 Å². The number of hydrogen-bond acceptors (Lipinski definition) is 7. The lowest BCUT2D eigenvalue weighted by Crippen LogP contribution is -2.25. The number of carbonyl (C=O) groups excluding carboxylic acids is 1. The number of fused-ring (bicyclic) bond motifs is 5. The minimum absolute atomic E-state index is 0.0453. The van der Waals surface area contributed by atoms with Crippen LogP contribution in [0.25, 0.3) is 27.4 Å². The van der Waals surface area contributed by atoms with Crippen molar-refractivity contribution in [3.8, 4) is 0 Å². The largest absolute Gasteiger partial charge is 0.447 e. The number of aromatic nitrogens is 4. The second-order valence-corrected chi connectivity index (χ2v) is 8.24. The topological polar surface area (TPSA) is 147 Å². The van der Waals surface area contributed by atoms with Crippen molar-refractivity contribution in [3.05, 3.63) is 53.0 Å². The summed E-state index contributed by atoms with van der Waals surface area (Å²) >= 11 is 0. The highest BCUT2D eigenvalue weighted by molar-refractivity contribution is 6.25. The van der Waals surface area contributed by atoms with Gasteiger partial charge in [0.05, 0.1) is 16.7 Å². The third-order valence-electron chi connectivity index (χ3n) is 6.05. The molecule has 0 aliphatic heterocycles. The van der Waals surface area contributed by atoms with Gasteiger partial charge in [0, 0.05) is 29.5 Å². The van der Waals surface area contributed by atoms with Crippen LogP contribution in [-0.4, -0.2) is 38.0 Å². The minimum atomic E-state index is -4.87. The molecule has 35 heavy (non-hydrogen) atoms. The highest BCUT2D eigenvalue weighted by atomic mass is 19.4. The monoisotopic (exact) mass is 483 g/mol. The second-order valence-electron chi connectivity index (χ2n) is 8.24. The number of nitrogens with two attached hydrogens (primary N) is 1. The van der Waals surface area contributed by atoms with E-state index in [0.29, 0.717) is 46.1 Å². The molecule has 3 aromatic heterocycles. The fraction of sp³-hybridized carbons (Fsp3) is 0.261. The third kappa shape index (κ3) is 3.80. The van der Waals surface area contributed by atoms with Crippen LogP contribution in [0.2, 0.25) is 0 Å². The fourth-order valence-corrected chi connectivity index (χ4v) is 4.55. The van der Waals surface area contributed by atoms with E-state index in [1.54, 1.807) is 19.1 Å². The molecule has 0 unspecified atom stereocenters. The molecule has 180 valence electrons. The molecular formula is C23H20F3N7O2. The van der Waals surface area contributed by atoms with E-state index in [-0.39, 0.29) is 17.2 Å². The summed E-state index contributed by atoms with van der Waals surface area (Å²) in [5.41, 5.74) is 6.05. The summed E-state index contributed by atoms with van der Waals surface area (Å²) in [7, 11) is 0. The van der Waals surface area contributed by atoms with Crippen LogP contribution in [0, 0.1) is 12.3 Å². The van der Waals surface area contributed by atoms with E-state index >= 15 is 0 Å². The molecule has 3 heterocycles. The van der Waals surface area contributed by atoms with E-state index in [1.165, 1.54) is 6.26 Å². The summed E-state index contributed by atoms with van der Waals surface area (Å²) in [6, 6.07) is 3.32. The number of allylic oxidation sites excluding steroid dienone is 1. The summed E-state index contributed by atoms with van der Waals surface area (Å²) in [5.74, 6) is 0.0958. The number of nitrogens with one attached hydrogen (secondary N) is 3. The van der Waals surface area contributed by atoms with Gasteiger partial charge in [0.15, 0.2) is 17.4 Å². The van der Waals surface area contributed by atoms with E-state index in [4.69, 9.17) is 15.6 Å². The molecule has 0 bridgehead atoms.